The molecular formula is C16H30N2O3. The number of carbonyl (C=O) groups is 2. The summed E-state index contributed by atoms with van der Waals surface area (Å²) >= 11 is 0. The molecule has 0 aromatic carbocycles. The van der Waals surface area contributed by atoms with E-state index in [9.17, 15) is 9.59 Å². The van der Waals surface area contributed by atoms with Gasteiger partial charge >= 0.3 is 12.0 Å². The van der Waals surface area contributed by atoms with Gasteiger partial charge in [-0.25, -0.2) is 4.79 Å². The lowest BCUT2D eigenvalue weighted by atomic mass is 9.94. The first kappa shape index (κ1) is 17.8. The zero-order valence-corrected chi connectivity index (χ0v) is 13.6. The van der Waals surface area contributed by atoms with Crippen molar-refractivity contribution in [3.05, 3.63) is 0 Å². The Morgan fingerprint density at radius 3 is 2.52 bits per heavy atom. The molecule has 21 heavy (non-hydrogen) atoms. The molecule has 0 heterocycles. The monoisotopic (exact) mass is 298 g/mol. The van der Waals surface area contributed by atoms with Crippen molar-refractivity contribution in [3.8, 4) is 0 Å². The van der Waals surface area contributed by atoms with Gasteiger partial charge in [-0.15, -0.1) is 0 Å². The van der Waals surface area contributed by atoms with Crippen LogP contribution in [0.2, 0.25) is 0 Å². The minimum absolute atomic E-state index is 0.0115. The van der Waals surface area contributed by atoms with E-state index < -0.39 is 5.97 Å². The minimum atomic E-state index is -0.738. The number of nitrogens with one attached hydrogen (secondary N) is 1. The predicted molar refractivity (Wildman–Crippen MR) is 83.2 cm³/mol. The average Bonchev–Trinajstić information content (AvgIpc) is 3.10. The summed E-state index contributed by atoms with van der Waals surface area (Å²) in [5.41, 5.74) is 0. The van der Waals surface area contributed by atoms with Crippen LogP contribution in [0.4, 0.5) is 4.79 Å². The third-order valence-corrected chi connectivity index (χ3v) is 4.42. The average molecular weight is 298 g/mol. The number of amides is 2. The van der Waals surface area contributed by atoms with Crippen molar-refractivity contribution < 1.29 is 14.7 Å². The summed E-state index contributed by atoms with van der Waals surface area (Å²) in [7, 11) is 1.84. The Bertz CT molecular complexity index is 346. The molecule has 5 heteroatoms. The Morgan fingerprint density at radius 1 is 1.33 bits per heavy atom. The van der Waals surface area contributed by atoms with Crippen molar-refractivity contribution in [2.75, 3.05) is 20.1 Å². The Labute approximate surface area is 128 Å². The largest absolute Gasteiger partial charge is 0.481 e. The van der Waals surface area contributed by atoms with Crippen molar-refractivity contribution in [2.24, 2.45) is 17.8 Å². The van der Waals surface area contributed by atoms with E-state index in [2.05, 4.69) is 19.2 Å². The number of rotatable bonds is 10. The first-order valence-electron chi connectivity index (χ1n) is 8.14. The second-order valence-corrected chi connectivity index (χ2v) is 6.46. The number of urea groups is 1. The molecule has 1 aliphatic rings. The van der Waals surface area contributed by atoms with E-state index >= 15 is 0 Å². The highest BCUT2D eigenvalue weighted by molar-refractivity contribution is 5.73. The Morgan fingerprint density at radius 2 is 2.00 bits per heavy atom. The van der Waals surface area contributed by atoms with Gasteiger partial charge < -0.3 is 15.3 Å². The SMILES string of the molecule is CCCC(CCNC(=O)N(C)CC1CC1C)CCC(=O)O. The highest BCUT2D eigenvalue weighted by Gasteiger charge is 2.34. The fraction of sp³-hybridized carbons (Fsp3) is 0.875. The second kappa shape index (κ2) is 8.90. The van der Waals surface area contributed by atoms with Gasteiger partial charge in [-0.3, -0.25) is 4.79 Å². The molecule has 122 valence electrons. The van der Waals surface area contributed by atoms with E-state index in [0.717, 1.165) is 31.7 Å². The van der Waals surface area contributed by atoms with Gasteiger partial charge in [-0.1, -0.05) is 26.7 Å². The molecule has 3 atom stereocenters. The molecule has 0 bridgehead atoms. The summed E-state index contributed by atoms with van der Waals surface area (Å²) in [6.07, 6.45) is 5.09. The molecule has 1 rings (SSSR count). The highest BCUT2D eigenvalue weighted by atomic mass is 16.4. The minimum Gasteiger partial charge on any atom is -0.481 e. The van der Waals surface area contributed by atoms with Gasteiger partial charge in [-0.2, -0.15) is 0 Å². The van der Waals surface area contributed by atoms with E-state index in [1.165, 1.54) is 6.42 Å². The van der Waals surface area contributed by atoms with Crippen LogP contribution in [0.1, 0.15) is 52.4 Å². The van der Waals surface area contributed by atoms with Gasteiger partial charge in [0.2, 0.25) is 0 Å². The maximum Gasteiger partial charge on any atom is 0.317 e. The molecule has 1 saturated carbocycles. The Balaban J connectivity index is 2.18. The number of hydrogen-bond donors (Lipinski definition) is 2. The number of carbonyl (C=O) groups excluding carboxylic acids is 1. The van der Waals surface area contributed by atoms with Gasteiger partial charge in [0, 0.05) is 26.6 Å². The fourth-order valence-electron chi connectivity index (χ4n) is 2.78. The molecule has 0 radical (unpaired) electrons. The smallest absolute Gasteiger partial charge is 0.317 e. The number of aliphatic carboxylic acids is 1. The molecule has 3 unspecified atom stereocenters. The third-order valence-electron chi connectivity index (χ3n) is 4.42. The molecule has 0 aromatic heterocycles. The molecule has 2 amide bonds. The Hall–Kier alpha value is -1.26. The van der Waals surface area contributed by atoms with Crippen molar-refractivity contribution in [3.63, 3.8) is 0 Å². The van der Waals surface area contributed by atoms with Gasteiger partial charge in [0.1, 0.15) is 0 Å². The van der Waals surface area contributed by atoms with Crippen LogP contribution in [-0.4, -0.2) is 42.1 Å². The van der Waals surface area contributed by atoms with Crippen LogP contribution < -0.4 is 5.32 Å². The lowest BCUT2D eigenvalue weighted by molar-refractivity contribution is -0.137. The standard InChI is InChI=1S/C16H30N2O3/c1-4-5-13(6-7-15(19)20)8-9-17-16(21)18(3)11-14-10-12(14)2/h12-14H,4-11H2,1-3H3,(H,17,21)(H,19,20). The zero-order chi connectivity index (χ0) is 15.8. The Kier molecular flexibility index (Phi) is 7.54. The second-order valence-electron chi connectivity index (χ2n) is 6.46. The summed E-state index contributed by atoms with van der Waals surface area (Å²) < 4.78 is 0. The maximum absolute atomic E-state index is 11.9. The van der Waals surface area contributed by atoms with E-state index in [0.29, 0.717) is 24.8 Å². The lowest BCUT2D eigenvalue weighted by Gasteiger charge is -2.20. The van der Waals surface area contributed by atoms with Crippen molar-refractivity contribution >= 4 is 12.0 Å². The lowest BCUT2D eigenvalue weighted by Crippen LogP contribution is -2.39. The van der Waals surface area contributed by atoms with Crippen molar-refractivity contribution in [2.45, 2.75) is 52.4 Å². The van der Waals surface area contributed by atoms with Crippen LogP contribution in [0.15, 0.2) is 0 Å². The first-order valence-corrected chi connectivity index (χ1v) is 8.14. The van der Waals surface area contributed by atoms with Crippen LogP contribution in [0, 0.1) is 17.8 Å². The summed E-state index contributed by atoms with van der Waals surface area (Å²) in [6, 6.07) is -0.0115. The molecule has 1 aliphatic carbocycles. The van der Waals surface area contributed by atoms with E-state index in [1.54, 1.807) is 4.90 Å². The van der Waals surface area contributed by atoms with Crippen molar-refractivity contribution in [1.29, 1.82) is 0 Å². The molecule has 0 saturated heterocycles. The molecule has 0 aromatic rings. The van der Waals surface area contributed by atoms with Crippen LogP contribution in [0.5, 0.6) is 0 Å². The summed E-state index contributed by atoms with van der Waals surface area (Å²) in [5.74, 6) is 1.08. The van der Waals surface area contributed by atoms with Crippen LogP contribution >= 0.6 is 0 Å². The van der Waals surface area contributed by atoms with Gasteiger partial charge in [0.15, 0.2) is 0 Å². The molecule has 5 nitrogen and oxygen atoms in total. The predicted octanol–water partition coefficient (Wildman–Crippen LogP) is 2.96. The fourth-order valence-corrected chi connectivity index (χ4v) is 2.78. The van der Waals surface area contributed by atoms with Gasteiger partial charge in [0.05, 0.1) is 0 Å². The summed E-state index contributed by atoms with van der Waals surface area (Å²) in [4.78, 5) is 24.3. The van der Waals surface area contributed by atoms with Crippen molar-refractivity contribution in [1.82, 2.24) is 10.2 Å². The summed E-state index contributed by atoms with van der Waals surface area (Å²) in [6.45, 7) is 5.79. The number of hydrogen-bond acceptors (Lipinski definition) is 2. The van der Waals surface area contributed by atoms with Gasteiger partial charge in [0.25, 0.3) is 0 Å². The number of nitrogens with zero attached hydrogens (tertiary/aromatic N) is 1. The van der Waals surface area contributed by atoms with E-state index in [1.807, 2.05) is 7.05 Å². The molecule has 1 fully saturated rings. The zero-order valence-electron chi connectivity index (χ0n) is 13.6. The number of carboxylic acids is 1. The normalized spacial score (nSPS) is 21.7. The van der Waals surface area contributed by atoms with E-state index in [4.69, 9.17) is 5.11 Å². The van der Waals surface area contributed by atoms with Crippen LogP contribution in [-0.2, 0) is 4.79 Å². The van der Waals surface area contributed by atoms with Gasteiger partial charge in [-0.05, 0) is 37.0 Å². The highest BCUT2D eigenvalue weighted by Crippen LogP contribution is 2.37. The summed E-state index contributed by atoms with van der Waals surface area (Å²) in [5, 5.41) is 11.7. The maximum atomic E-state index is 11.9. The topological polar surface area (TPSA) is 69.6 Å². The quantitative estimate of drug-likeness (QED) is 0.651. The van der Waals surface area contributed by atoms with E-state index in [-0.39, 0.29) is 12.5 Å². The first-order chi connectivity index (χ1) is 9.93. The third kappa shape index (κ3) is 7.34. The molecule has 0 aliphatic heterocycles. The van der Waals surface area contributed by atoms with Crippen LogP contribution in [0.3, 0.4) is 0 Å². The molecular weight excluding hydrogens is 268 g/mol. The van der Waals surface area contributed by atoms with Crippen LogP contribution in [0.25, 0.3) is 0 Å². The number of carboxylic acid groups (broad SMARTS) is 1. The molecule has 0 spiro atoms. The molecule has 2 N–H and O–H groups in total.